The van der Waals surface area contributed by atoms with Crippen LogP contribution in [0.3, 0.4) is 0 Å². The Hall–Kier alpha value is -1.72. The molecular weight excluding hydrogens is 291 g/mol. The second-order valence-electron chi connectivity index (χ2n) is 3.71. The fourth-order valence-electron chi connectivity index (χ4n) is 1.32. The maximum absolute atomic E-state index is 11.8. The van der Waals surface area contributed by atoms with Crippen molar-refractivity contribution in [3.05, 3.63) is 40.6 Å². The van der Waals surface area contributed by atoms with Crippen LogP contribution in [-0.4, -0.2) is 17.2 Å². The van der Waals surface area contributed by atoms with Crippen molar-refractivity contribution in [1.82, 2.24) is 5.16 Å². The number of anilines is 1. The predicted molar refractivity (Wildman–Crippen MR) is 71.7 cm³/mol. The zero-order valence-corrected chi connectivity index (χ0v) is 11.4. The first-order valence-electron chi connectivity index (χ1n) is 5.39. The first kappa shape index (κ1) is 13.7. The fourth-order valence-corrected chi connectivity index (χ4v) is 1.64. The van der Waals surface area contributed by atoms with E-state index in [1.807, 2.05) is 0 Å². The number of nitrogens with one attached hydrogen (secondary N) is 1. The van der Waals surface area contributed by atoms with E-state index in [1.165, 1.54) is 12.3 Å². The van der Waals surface area contributed by atoms with Crippen LogP contribution >= 0.6 is 23.2 Å². The number of nitrogens with zero attached hydrogens (tertiary/aromatic N) is 1. The normalized spacial score (nSPS) is 11.9. The number of ether oxygens (including phenoxy) is 1. The largest absolute Gasteiger partial charge is 0.479 e. The Morgan fingerprint density at radius 3 is 2.89 bits per heavy atom. The minimum Gasteiger partial charge on any atom is -0.479 e. The number of hydrogen-bond acceptors (Lipinski definition) is 4. The molecule has 1 amide bonds. The van der Waals surface area contributed by atoms with Gasteiger partial charge in [-0.05, 0) is 19.1 Å². The van der Waals surface area contributed by atoms with Gasteiger partial charge in [0.15, 0.2) is 11.9 Å². The molecule has 0 aliphatic heterocycles. The molecule has 0 bridgehead atoms. The molecule has 2 aromatic rings. The summed E-state index contributed by atoms with van der Waals surface area (Å²) < 4.78 is 10.1. The number of rotatable bonds is 4. The molecule has 19 heavy (non-hydrogen) atoms. The lowest BCUT2D eigenvalue weighted by molar-refractivity contribution is -0.122. The van der Waals surface area contributed by atoms with Gasteiger partial charge in [0, 0.05) is 17.2 Å². The van der Waals surface area contributed by atoms with Gasteiger partial charge in [0.1, 0.15) is 12.0 Å². The summed E-state index contributed by atoms with van der Waals surface area (Å²) in [6, 6.07) is 6.30. The highest BCUT2D eigenvalue weighted by Crippen LogP contribution is 2.28. The van der Waals surface area contributed by atoms with Gasteiger partial charge in [-0.1, -0.05) is 28.4 Å². The van der Waals surface area contributed by atoms with Gasteiger partial charge in [-0.3, -0.25) is 4.79 Å². The summed E-state index contributed by atoms with van der Waals surface area (Å²) >= 11 is 11.8. The van der Waals surface area contributed by atoms with Crippen LogP contribution in [0.25, 0.3) is 0 Å². The molecular formula is C12H10Cl2N2O3. The molecule has 1 heterocycles. The van der Waals surface area contributed by atoms with Crippen molar-refractivity contribution >= 4 is 34.9 Å². The molecule has 0 fully saturated rings. The molecule has 5 nitrogen and oxygen atoms in total. The van der Waals surface area contributed by atoms with Crippen molar-refractivity contribution in [2.75, 3.05) is 5.32 Å². The molecule has 0 saturated heterocycles. The van der Waals surface area contributed by atoms with E-state index in [0.29, 0.717) is 21.6 Å². The van der Waals surface area contributed by atoms with Crippen molar-refractivity contribution in [1.29, 1.82) is 0 Å². The Balaban J connectivity index is 2.02. The maximum atomic E-state index is 11.8. The third kappa shape index (κ3) is 3.62. The summed E-state index contributed by atoms with van der Waals surface area (Å²) in [6.07, 6.45) is 0.599. The topological polar surface area (TPSA) is 64.4 Å². The van der Waals surface area contributed by atoms with Gasteiger partial charge in [-0.2, -0.15) is 0 Å². The number of halogens is 2. The highest BCUT2D eigenvalue weighted by Gasteiger charge is 2.17. The molecule has 1 N–H and O–H groups in total. The molecule has 1 aromatic heterocycles. The zero-order valence-electron chi connectivity index (χ0n) is 9.89. The van der Waals surface area contributed by atoms with Crippen LogP contribution in [0.5, 0.6) is 5.75 Å². The monoisotopic (exact) mass is 300 g/mol. The van der Waals surface area contributed by atoms with Gasteiger partial charge in [-0.15, -0.1) is 0 Å². The highest BCUT2D eigenvalue weighted by atomic mass is 35.5. The van der Waals surface area contributed by atoms with Crippen molar-refractivity contribution < 1.29 is 14.1 Å². The summed E-state index contributed by atoms with van der Waals surface area (Å²) in [6.45, 7) is 1.59. The molecule has 0 radical (unpaired) electrons. The third-order valence-corrected chi connectivity index (χ3v) is 2.80. The summed E-state index contributed by atoms with van der Waals surface area (Å²) in [5.41, 5.74) is 0. The van der Waals surface area contributed by atoms with Crippen LogP contribution in [0.1, 0.15) is 6.92 Å². The summed E-state index contributed by atoms with van der Waals surface area (Å²) in [5.74, 6) is 0.291. The molecule has 0 saturated carbocycles. The lowest BCUT2D eigenvalue weighted by Crippen LogP contribution is -2.30. The van der Waals surface area contributed by atoms with E-state index >= 15 is 0 Å². The highest BCUT2D eigenvalue weighted by molar-refractivity contribution is 6.34. The number of hydrogen-bond donors (Lipinski definition) is 1. The van der Waals surface area contributed by atoms with Gasteiger partial charge in [-0.25, -0.2) is 0 Å². The average Bonchev–Trinajstić information content (AvgIpc) is 2.86. The van der Waals surface area contributed by atoms with Crippen LogP contribution in [0, 0.1) is 0 Å². The van der Waals surface area contributed by atoms with Gasteiger partial charge in [0.25, 0.3) is 5.91 Å². The molecule has 7 heteroatoms. The number of aromatic nitrogens is 1. The van der Waals surface area contributed by atoms with E-state index in [2.05, 4.69) is 15.0 Å². The molecule has 0 aliphatic carbocycles. The van der Waals surface area contributed by atoms with Crippen LogP contribution in [-0.2, 0) is 4.79 Å². The van der Waals surface area contributed by atoms with Gasteiger partial charge >= 0.3 is 0 Å². The van der Waals surface area contributed by atoms with E-state index in [0.717, 1.165) is 0 Å². The van der Waals surface area contributed by atoms with Crippen molar-refractivity contribution in [2.45, 2.75) is 13.0 Å². The third-order valence-electron chi connectivity index (χ3n) is 2.26. The van der Waals surface area contributed by atoms with Gasteiger partial charge in [0.2, 0.25) is 0 Å². The van der Waals surface area contributed by atoms with Crippen molar-refractivity contribution in [2.24, 2.45) is 0 Å². The summed E-state index contributed by atoms with van der Waals surface area (Å²) in [5, 5.41) is 6.95. The molecule has 2 rings (SSSR count). The summed E-state index contributed by atoms with van der Waals surface area (Å²) in [4.78, 5) is 11.8. The van der Waals surface area contributed by atoms with Gasteiger partial charge in [0.05, 0.1) is 5.02 Å². The number of benzene rings is 1. The minimum absolute atomic E-state index is 0.317. The SMILES string of the molecule is C[C@H](Oc1cc(Cl)ccc1Cl)C(=O)Nc1ccon1. The second kappa shape index (κ2) is 5.95. The van der Waals surface area contributed by atoms with E-state index in [1.54, 1.807) is 25.1 Å². The number of carbonyl (C=O) groups excluding carboxylic acids is 1. The molecule has 1 aromatic carbocycles. The van der Waals surface area contributed by atoms with Crippen LogP contribution in [0.15, 0.2) is 35.1 Å². The molecule has 0 aliphatic rings. The molecule has 0 unspecified atom stereocenters. The number of amides is 1. The Morgan fingerprint density at radius 1 is 1.42 bits per heavy atom. The zero-order chi connectivity index (χ0) is 13.8. The Kier molecular flexibility index (Phi) is 4.29. The maximum Gasteiger partial charge on any atom is 0.266 e. The quantitative estimate of drug-likeness (QED) is 0.940. The first-order chi connectivity index (χ1) is 9.06. The van der Waals surface area contributed by atoms with Crippen LogP contribution in [0.4, 0.5) is 5.82 Å². The van der Waals surface area contributed by atoms with Crippen LogP contribution in [0.2, 0.25) is 10.0 Å². The smallest absolute Gasteiger partial charge is 0.266 e. The second-order valence-corrected chi connectivity index (χ2v) is 4.55. The van der Waals surface area contributed by atoms with E-state index in [-0.39, 0.29) is 5.91 Å². The predicted octanol–water partition coefficient (Wildman–Crippen LogP) is 3.39. The molecule has 0 spiro atoms. The average molecular weight is 301 g/mol. The first-order valence-corrected chi connectivity index (χ1v) is 6.15. The standard InChI is InChI=1S/C12H10Cl2N2O3/c1-7(12(17)15-11-4-5-18-16-11)19-10-6-8(13)2-3-9(10)14/h2-7H,1H3,(H,15,16,17)/t7-/m0/s1. The molecule has 1 atom stereocenters. The van der Waals surface area contributed by atoms with Crippen molar-refractivity contribution in [3.8, 4) is 5.75 Å². The fraction of sp³-hybridized carbons (Fsp3) is 0.167. The van der Waals surface area contributed by atoms with Crippen molar-refractivity contribution in [3.63, 3.8) is 0 Å². The minimum atomic E-state index is -0.757. The van der Waals surface area contributed by atoms with E-state index < -0.39 is 6.10 Å². The lowest BCUT2D eigenvalue weighted by atomic mass is 10.3. The lowest BCUT2D eigenvalue weighted by Gasteiger charge is -2.14. The Bertz CT molecular complexity index is 572. The van der Waals surface area contributed by atoms with Crippen LogP contribution < -0.4 is 10.1 Å². The summed E-state index contributed by atoms with van der Waals surface area (Å²) in [7, 11) is 0. The van der Waals surface area contributed by atoms with E-state index in [4.69, 9.17) is 27.9 Å². The number of carbonyl (C=O) groups is 1. The Morgan fingerprint density at radius 2 is 2.21 bits per heavy atom. The molecule has 100 valence electrons. The van der Waals surface area contributed by atoms with E-state index in [9.17, 15) is 4.79 Å². The Labute approximate surface area is 119 Å². The van der Waals surface area contributed by atoms with Gasteiger partial charge < -0.3 is 14.6 Å².